The fourth-order valence-electron chi connectivity index (χ4n) is 1.81. The van der Waals surface area contributed by atoms with Crippen LogP contribution >= 0.6 is 11.6 Å². The zero-order valence-corrected chi connectivity index (χ0v) is 10.8. The molecule has 90 valence electrons. The molecule has 0 saturated carbocycles. The van der Waals surface area contributed by atoms with E-state index in [-0.39, 0.29) is 0 Å². The van der Waals surface area contributed by atoms with Gasteiger partial charge in [0.1, 0.15) is 5.75 Å². The highest BCUT2D eigenvalue weighted by molar-refractivity contribution is 6.31. The first-order valence-corrected chi connectivity index (χ1v) is 6.16. The van der Waals surface area contributed by atoms with Gasteiger partial charge in [0.2, 0.25) is 0 Å². The van der Waals surface area contributed by atoms with E-state index in [2.05, 4.69) is 13.0 Å². The van der Waals surface area contributed by atoms with Gasteiger partial charge in [0, 0.05) is 10.6 Å². The largest absolute Gasteiger partial charge is 0.496 e. The van der Waals surface area contributed by atoms with Crippen LogP contribution in [0.3, 0.4) is 0 Å². The van der Waals surface area contributed by atoms with E-state index in [1.54, 1.807) is 7.11 Å². The number of unbranched alkanes of at least 4 members (excludes halogenated alkanes) is 1. The minimum atomic E-state index is 0.748. The Morgan fingerprint density at radius 3 is 2.62 bits per heavy atom. The van der Waals surface area contributed by atoms with E-state index in [1.807, 2.05) is 6.07 Å². The molecule has 0 bridgehead atoms. The van der Waals surface area contributed by atoms with Crippen LogP contribution in [0.4, 0.5) is 0 Å². The molecule has 1 aromatic rings. The predicted molar refractivity (Wildman–Crippen MR) is 69.4 cm³/mol. The van der Waals surface area contributed by atoms with Crippen LogP contribution in [0.2, 0.25) is 5.02 Å². The lowest BCUT2D eigenvalue weighted by atomic mass is 10.0. The smallest absolute Gasteiger partial charge is 0.123 e. The molecule has 0 amide bonds. The molecular formula is C13H20ClNO. The Hall–Kier alpha value is -0.730. The fourth-order valence-corrected chi connectivity index (χ4v) is 2.17. The van der Waals surface area contributed by atoms with E-state index in [0.29, 0.717) is 0 Å². The summed E-state index contributed by atoms with van der Waals surface area (Å²) in [6, 6.07) is 4.13. The van der Waals surface area contributed by atoms with Crippen LogP contribution in [0.5, 0.6) is 5.75 Å². The van der Waals surface area contributed by atoms with Gasteiger partial charge < -0.3 is 10.5 Å². The van der Waals surface area contributed by atoms with Gasteiger partial charge in [0.15, 0.2) is 0 Å². The third kappa shape index (κ3) is 3.39. The third-order valence-corrected chi connectivity index (χ3v) is 3.04. The van der Waals surface area contributed by atoms with Crippen LogP contribution in [-0.4, -0.2) is 13.7 Å². The predicted octanol–water partition coefficient (Wildman–Crippen LogP) is 3.19. The van der Waals surface area contributed by atoms with Crippen molar-refractivity contribution >= 4 is 11.6 Å². The van der Waals surface area contributed by atoms with Crippen molar-refractivity contribution in [2.75, 3.05) is 13.7 Å². The average molecular weight is 242 g/mol. The molecule has 3 heteroatoms. The Bertz CT molecular complexity index is 339. The van der Waals surface area contributed by atoms with E-state index in [0.717, 1.165) is 48.6 Å². The maximum absolute atomic E-state index is 6.22. The summed E-state index contributed by atoms with van der Waals surface area (Å²) in [6.07, 6.45) is 4.05. The van der Waals surface area contributed by atoms with Gasteiger partial charge >= 0.3 is 0 Å². The van der Waals surface area contributed by atoms with Crippen molar-refractivity contribution in [3.05, 3.63) is 28.3 Å². The van der Waals surface area contributed by atoms with Crippen molar-refractivity contribution in [2.24, 2.45) is 5.73 Å². The minimum absolute atomic E-state index is 0.748. The Kier molecular flexibility index (Phi) is 5.64. The molecule has 1 aromatic carbocycles. The van der Waals surface area contributed by atoms with Crippen molar-refractivity contribution in [3.8, 4) is 5.75 Å². The van der Waals surface area contributed by atoms with Crippen LogP contribution in [0.1, 0.15) is 30.9 Å². The summed E-state index contributed by atoms with van der Waals surface area (Å²) in [5, 5.41) is 0.810. The van der Waals surface area contributed by atoms with Gasteiger partial charge in [-0.25, -0.2) is 0 Å². The van der Waals surface area contributed by atoms with Gasteiger partial charge in [-0.05, 0) is 49.9 Å². The lowest BCUT2D eigenvalue weighted by Crippen LogP contribution is -2.00. The van der Waals surface area contributed by atoms with Crippen molar-refractivity contribution in [1.29, 1.82) is 0 Å². The van der Waals surface area contributed by atoms with Gasteiger partial charge in [0.05, 0.1) is 7.11 Å². The molecular weight excluding hydrogens is 222 g/mol. The number of ether oxygens (including phenoxy) is 1. The van der Waals surface area contributed by atoms with Crippen molar-refractivity contribution in [2.45, 2.75) is 32.6 Å². The molecule has 0 saturated heterocycles. The number of benzene rings is 1. The highest BCUT2D eigenvalue weighted by Gasteiger charge is 2.08. The Balaban J connectivity index is 2.83. The van der Waals surface area contributed by atoms with Gasteiger partial charge in [-0.2, -0.15) is 0 Å². The number of rotatable bonds is 6. The van der Waals surface area contributed by atoms with Crippen molar-refractivity contribution in [3.63, 3.8) is 0 Å². The van der Waals surface area contributed by atoms with Crippen LogP contribution in [0.15, 0.2) is 12.1 Å². The zero-order chi connectivity index (χ0) is 12.0. The SMILES string of the molecule is CCc1c(Cl)cc(CCCCN)cc1OC. The second-order valence-corrected chi connectivity index (χ2v) is 4.26. The lowest BCUT2D eigenvalue weighted by Gasteiger charge is -2.11. The highest BCUT2D eigenvalue weighted by Crippen LogP contribution is 2.29. The van der Waals surface area contributed by atoms with Crippen LogP contribution in [0.25, 0.3) is 0 Å². The number of methoxy groups -OCH3 is 1. The maximum atomic E-state index is 6.22. The molecule has 0 atom stereocenters. The quantitative estimate of drug-likeness (QED) is 0.777. The average Bonchev–Trinajstić information content (AvgIpc) is 2.28. The van der Waals surface area contributed by atoms with Gasteiger partial charge in [-0.1, -0.05) is 18.5 Å². The van der Waals surface area contributed by atoms with Crippen molar-refractivity contribution < 1.29 is 4.74 Å². The summed E-state index contributed by atoms with van der Waals surface area (Å²) >= 11 is 6.22. The standard InChI is InChI=1S/C13H20ClNO/c1-3-11-12(14)8-10(6-4-5-7-15)9-13(11)16-2/h8-9H,3-7,15H2,1-2H3. The first-order valence-electron chi connectivity index (χ1n) is 5.78. The molecule has 0 aliphatic heterocycles. The Morgan fingerprint density at radius 2 is 2.06 bits per heavy atom. The van der Waals surface area contributed by atoms with Crippen molar-refractivity contribution in [1.82, 2.24) is 0 Å². The first-order chi connectivity index (χ1) is 7.72. The zero-order valence-electron chi connectivity index (χ0n) is 10.1. The van der Waals surface area contributed by atoms with Gasteiger partial charge in [-0.15, -0.1) is 0 Å². The molecule has 0 aromatic heterocycles. The molecule has 0 aliphatic rings. The van der Waals surface area contributed by atoms with E-state index < -0.39 is 0 Å². The number of halogens is 1. The second kappa shape index (κ2) is 6.77. The number of aryl methyl sites for hydroxylation is 1. The summed E-state index contributed by atoms with van der Waals surface area (Å²) in [7, 11) is 1.69. The first kappa shape index (κ1) is 13.3. The number of hydrogen-bond acceptors (Lipinski definition) is 2. The molecule has 0 spiro atoms. The van der Waals surface area contributed by atoms with Crippen LogP contribution in [-0.2, 0) is 12.8 Å². The molecule has 0 aliphatic carbocycles. The molecule has 16 heavy (non-hydrogen) atoms. The fraction of sp³-hybridized carbons (Fsp3) is 0.538. The molecule has 0 radical (unpaired) electrons. The molecule has 0 heterocycles. The van der Waals surface area contributed by atoms with Gasteiger partial charge in [0.25, 0.3) is 0 Å². The summed E-state index contributed by atoms with van der Waals surface area (Å²) in [4.78, 5) is 0. The minimum Gasteiger partial charge on any atom is -0.496 e. The molecule has 2 N–H and O–H groups in total. The summed E-state index contributed by atoms with van der Waals surface area (Å²) in [5.74, 6) is 0.901. The van der Waals surface area contributed by atoms with E-state index in [9.17, 15) is 0 Å². The monoisotopic (exact) mass is 241 g/mol. The highest BCUT2D eigenvalue weighted by atomic mass is 35.5. The maximum Gasteiger partial charge on any atom is 0.123 e. The Labute approximate surface area is 103 Å². The van der Waals surface area contributed by atoms with E-state index in [1.165, 1.54) is 5.56 Å². The lowest BCUT2D eigenvalue weighted by molar-refractivity contribution is 0.409. The van der Waals surface area contributed by atoms with E-state index >= 15 is 0 Å². The van der Waals surface area contributed by atoms with Gasteiger partial charge in [-0.3, -0.25) is 0 Å². The van der Waals surface area contributed by atoms with Crippen LogP contribution in [0, 0.1) is 0 Å². The molecule has 0 fully saturated rings. The van der Waals surface area contributed by atoms with Crippen LogP contribution < -0.4 is 10.5 Å². The number of hydrogen-bond donors (Lipinski definition) is 1. The normalized spacial score (nSPS) is 10.5. The Morgan fingerprint density at radius 1 is 1.31 bits per heavy atom. The summed E-state index contributed by atoms with van der Waals surface area (Å²) < 4.78 is 5.35. The number of nitrogens with two attached hydrogens (primary N) is 1. The second-order valence-electron chi connectivity index (χ2n) is 3.86. The van der Waals surface area contributed by atoms with E-state index in [4.69, 9.17) is 22.1 Å². The molecule has 2 nitrogen and oxygen atoms in total. The molecule has 0 unspecified atom stereocenters. The summed E-state index contributed by atoms with van der Waals surface area (Å²) in [6.45, 7) is 2.83. The topological polar surface area (TPSA) is 35.2 Å². The molecule has 1 rings (SSSR count). The third-order valence-electron chi connectivity index (χ3n) is 2.71. The summed E-state index contributed by atoms with van der Waals surface area (Å²) in [5.41, 5.74) is 7.79.